The van der Waals surface area contributed by atoms with Gasteiger partial charge in [0.2, 0.25) is 0 Å². The summed E-state index contributed by atoms with van der Waals surface area (Å²) < 4.78 is 0. The number of likely N-dealkylation sites (tertiary alicyclic amines) is 2. The molecular formula is C67H102N14O2. The average molecular weight is 1140 g/mol. The highest BCUT2D eigenvalue weighted by atomic mass is 16.1. The molecular weight excluding hydrogens is 1030 g/mol. The fourth-order valence-electron chi connectivity index (χ4n) is 11.1. The van der Waals surface area contributed by atoms with Crippen LogP contribution in [0.4, 0.5) is 22.7 Å². The molecule has 0 spiro atoms. The highest BCUT2D eigenvalue weighted by molar-refractivity contribution is 6.00. The summed E-state index contributed by atoms with van der Waals surface area (Å²) in [6, 6.07) is 33.7. The number of azo groups is 2. The minimum atomic E-state index is 0. The van der Waals surface area contributed by atoms with Crippen LogP contribution in [0.1, 0.15) is 162 Å². The summed E-state index contributed by atoms with van der Waals surface area (Å²) in [6.07, 6.45) is 4.73. The number of amidine groups is 2. The first kappa shape index (κ1) is 65.9. The van der Waals surface area contributed by atoms with Gasteiger partial charge in [-0.25, -0.2) is 9.98 Å². The van der Waals surface area contributed by atoms with Crippen molar-refractivity contribution in [3.63, 3.8) is 0 Å². The van der Waals surface area contributed by atoms with Crippen LogP contribution in [0, 0.1) is 0 Å². The van der Waals surface area contributed by atoms with Crippen molar-refractivity contribution in [3.8, 4) is 0 Å². The Hall–Kier alpha value is -6.20. The lowest BCUT2D eigenvalue weighted by Gasteiger charge is -2.43. The van der Waals surface area contributed by atoms with E-state index in [9.17, 15) is 9.59 Å². The molecule has 6 aliphatic heterocycles. The maximum absolute atomic E-state index is 11.3. The molecule has 0 saturated carbocycles. The van der Waals surface area contributed by atoms with Gasteiger partial charge in [0.15, 0.2) is 36.6 Å². The van der Waals surface area contributed by atoms with Gasteiger partial charge in [-0.2, -0.15) is 10.2 Å². The van der Waals surface area contributed by atoms with Crippen LogP contribution in [-0.2, 0) is 0 Å². The van der Waals surface area contributed by atoms with Gasteiger partial charge in [0, 0.05) is 158 Å². The Morgan fingerprint density at radius 3 is 0.964 bits per heavy atom. The largest absolute Gasteiger partial charge is 0.382 e. The van der Waals surface area contributed by atoms with E-state index in [4.69, 9.17) is 0 Å². The van der Waals surface area contributed by atoms with Crippen molar-refractivity contribution in [2.24, 2.45) is 30.4 Å². The topological polar surface area (TPSA) is 152 Å². The van der Waals surface area contributed by atoms with E-state index in [0.717, 1.165) is 118 Å². The number of piperazine rings is 2. The molecule has 4 saturated heterocycles. The lowest BCUT2D eigenvalue weighted by atomic mass is 9.98. The maximum Gasteiger partial charge on any atom is 0.178 e. The number of aliphatic imine (C=N–C) groups is 2. The van der Waals surface area contributed by atoms with E-state index >= 15 is 0 Å². The number of rotatable bonds is 10. The fraction of sp³-hybridized carbons (Fsp3) is 0.582. The van der Waals surface area contributed by atoms with Gasteiger partial charge in [-0.15, -0.1) is 10.2 Å². The Balaban J connectivity index is 0.000000177. The van der Waals surface area contributed by atoms with Gasteiger partial charge in [-0.05, 0) is 220 Å². The minimum Gasteiger partial charge on any atom is -0.382 e. The number of nitrogens with one attached hydrogen (secondary N) is 2. The molecule has 6 heterocycles. The molecule has 4 fully saturated rings. The fourth-order valence-corrected chi connectivity index (χ4v) is 11.1. The first-order chi connectivity index (χ1) is 38.8. The number of anilines is 4. The Bertz CT molecular complexity index is 2770. The number of ketones is 2. The summed E-state index contributed by atoms with van der Waals surface area (Å²) in [5.41, 5.74) is 9.51. The summed E-state index contributed by atoms with van der Waals surface area (Å²) in [4.78, 5) is 46.0. The molecule has 16 heteroatoms. The number of piperidine rings is 2. The van der Waals surface area contributed by atoms with Gasteiger partial charge in [0.1, 0.15) is 0 Å². The van der Waals surface area contributed by atoms with E-state index in [-0.39, 0.29) is 41.1 Å². The Morgan fingerprint density at radius 1 is 0.398 bits per heavy atom. The third-order valence-electron chi connectivity index (χ3n) is 16.5. The molecule has 16 nitrogen and oxygen atoms in total. The van der Waals surface area contributed by atoms with Gasteiger partial charge in [-0.1, -0.05) is 7.43 Å². The molecule has 4 aromatic rings. The Labute approximate surface area is 499 Å². The van der Waals surface area contributed by atoms with Crippen molar-refractivity contribution in [1.29, 1.82) is 0 Å². The van der Waals surface area contributed by atoms with Gasteiger partial charge < -0.3 is 20.4 Å². The standard InChI is InChI=1S/C17H25N5.C17H26N2O.C16H23N5.C16H24N2O.CH4/c1-17(2,3)22-10-8-15(9-11-22)20-14-6-4-13(5-7-14)16-18-12-19-21-16;1-13(20)14-5-7-15(8-6-14)18-16-9-11-19(12-10-16)17(2,3)4;1-16(2,3)21-10-8-20(9-11-21)14-6-4-13(5-7-14)15-17-12-18-19-15;1-13(19)14-5-7-15(8-6-14)17-9-11-18(12-10-17)16(2,3)4;/h4-7,15,20H,8-12H2,1-3H3;5-8,16,18H,9-12H2,1-4H3;4-7H,8-12H2,1-3H3;5-8H,9-12H2,1-4H3;1H4. The average Bonchev–Trinajstić information content (AvgIpc) is 4.24. The molecule has 0 unspecified atom stereocenters. The second-order valence-corrected chi connectivity index (χ2v) is 26.5. The summed E-state index contributed by atoms with van der Waals surface area (Å²) in [6.45, 7) is 44.8. The smallest absolute Gasteiger partial charge is 0.178 e. The minimum absolute atomic E-state index is 0. The molecule has 6 aliphatic rings. The van der Waals surface area contributed by atoms with E-state index in [1.165, 1.54) is 42.7 Å². The van der Waals surface area contributed by atoms with Gasteiger partial charge >= 0.3 is 0 Å². The first-order valence-electron chi connectivity index (χ1n) is 30.1. The van der Waals surface area contributed by atoms with Crippen LogP contribution in [0.25, 0.3) is 0 Å². The van der Waals surface area contributed by atoms with Crippen LogP contribution < -0.4 is 20.4 Å². The van der Waals surface area contributed by atoms with Crippen LogP contribution >= 0.6 is 0 Å². The zero-order chi connectivity index (χ0) is 59.2. The highest BCUT2D eigenvalue weighted by Gasteiger charge is 2.30. The number of nitrogens with zero attached hydrogens (tertiary/aromatic N) is 12. The second-order valence-electron chi connectivity index (χ2n) is 26.5. The molecule has 2 N–H and O–H groups in total. The molecule has 0 atom stereocenters. The molecule has 0 aliphatic carbocycles. The van der Waals surface area contributed by atoms with Crippen molar-refractivity contribution < 1.29 is 9.59 Å². The van der Waals surface area contributed by atoms with E-state index < -0.39 is 0 Å². The van der Waals surface area contributed by atoms with Crippen LogP contribution in [-0.4, -0.2) is 169 Å². The first-order valence-corrected chi connectivity index (χ1v) is 30.1. The molecule has 10 rings (SSSR count). The summed E-state index contributed by atoms with van der Waals surface area (Å²) in [5.74, 6) is 1.74. The zero-order valence-electron chi connectivity index (χ0n) is 52.3. The van der Waals surface area contributed by atoms with Crippen LogP contribution in [0.5, 0.6) is 0 Å². The van der Waals surface area contributed by atoms with Crippen LogP contribution in [0.15, 0.2) is 128 Å². The number of carbonyl (C=O) groups excluding carboxylic acids is 2. The van der Waals surface area contributed by atoms with Gasteiger partial charge in [-0.3, -0.25) is 29.2 Å². The van der Waals surface area contributed by atoms with Crippen molar-refractivity contribution in [2.75, 3.05) is 112 Å². The van der Waals surface area contributed by atoms with Crippen LogP contribution in [0.3, 0.4) is 0 Å². The summed E-state index contributed by atoms with van der Waals surface area (Å²) >= 11 is 0. The quantitative estimate of drug-likeness (QED) is 0.147. The van der Waals surface area contributed by atoms with Crippen LogP contribution in [0.2, 0.25) is 0 Å². The lowest BCUT2D eigenvalue weighted by Crippen LogP contribution is -2.53. The van der Waals surface area contributed by atoms with Crippen molar-refractivity contribution in [1.82, 2.24) is 19.6 Å². The van der Waals surface area contributed by atoms with Gasteiger partial charge in [0.05, 0.1) is 0 Å². The maximum atomic E-state index is 11.3. The Kier molecular flexibility index (Phi) is 23.5. The van der Waals surface area contributed by atoms with Crippen molar-refractivity contribution in [3.05, 3.63) is 119 Å². The highest BCUT2D eigenvalue weighted by Crippen LogP contribution is 2.27. The number of hydrogen-bond donors (Lipinski definition) is 2. The van der Waals surface area contributed by atoms with E-state index in [1.54, 1.807) is 13.8 Å². The molecule has 0 radical (unpaired) electrons. The van der Waals surface area contributed by atoms with E-state index in [0.29, 0.717) is 25.4 Å². The summed E-state index contributed by atoms with van der Waals surface area (Å²) in [5, 5.41) is 23.1. The lowest BCUT2D eigenvalue weighted by molar-refractivity contribution is 0.100. The molecule has 0 aromatic heterocycles. The van der Waals surface area contributed by atoms with Gasteiger partial charge in [0.25, 0.3) is 0 Å². The number of Topliss-reactive ketones (excluding diaryl/α,β-unsaturated/α-hetero) is 2. The van der Waals surface area contributed by atoms with Crippen molar-refractivity contribution >= 4 is 46.0 Å². The molecule has 0 bridgehead atoms. The van der Waals surface area contributed by atoms with E-state index in [2.05, 4.69) is 214 Å². The Morgan fingerprint density at radius 2 is 0.675 bits per heavy atom. The zero-order valence-corrected chi connectivity index (χ0v) is 52.3. The number of hydrogen-bond acceptors (Lipinski definition) is 16. The molecule has 4 aromatic carbocycles. The number of benzene rings is 4. The van der Waals surface area contributed by atoms with E-state index in [1.807, 2.05) is 36.4 Å². The second kappa shape index (κ2) is 29.6. The molecule has 452 valence electrons. The predicted octanol–water partition coefficient (Wildman–Crippen LogP) is 13.3. The third-order valence-corrected chi connectivity index (χ3v) is 16.5. The summed E-state index contributed by atoms with van der Waals surface area (Å²) in [7, 11) is 0. The van der Waals surface area contributed by atoms with Crippen molar-refractivity contribution in [2.45, 2.75) is 164 Å². The predicted molar refractivity (Wildman–Crippen MR) is 348 cm³/mol. The SMILES string of the molecule is C.CC(=O)c1ccc(N2CCN(C(C)(C)C)CC2)cc1.CC(=O)c1ccc(NC2CCN(C(C)(C)C)CC2)cc1.CC(C)(C)N1CCC(Nc2ccc(C3=NCN=N3)cc2)CC1.CC(C)(C)N1CCN(c2ccc(C3=NCN=N3)cc2)CC1. The monoisotopic (exact) mass is 1130 g/mol. The molecule has 83 heavy (non-hydrogen) atoms. The molecule has 0 amide bonds. The third kappa shape index (κ3) is 20.0. The normalized spacial score (nSPS) is 18.8. The number of carbonyl (C=O) groups is 2.